The SMILES string of the molecule is CC[C@@H](C(=O)NC1CCCC1)N(Cc1ccccc1C)C(=O)CN(c1cccc(C(F)(F)F)c1)S(=O)(=O)c1ccc(C)cc1. The minimum absolute atomic E-state index is 0.00418. The number of hydrogen-bond donors (Lipinski definition) is 1. The van der Waals surface area contributed by atoms with Crippen LogP contribution in [-0.4, -0.2) is 43.8 Å². The van der Waals surface area contributed by atoms with Gasteiger partial charge in [-0.15, -0.1) is 0 Å². The third-order valence-electron chi connectivity index (χ3n) is 8.04. The van der Waals surface area contributed by atoms with Crippen molar-refractivity contribution in [2.75, 3.05) is 10.8 Å². The monoisotopic (exact) mass is 629 g/mol. The summed E-state index contributed by atoms with van der Waals surface area (Å²) in [6.45, 7) is 4.62. The Balaban J connectivity index is 1.77. The van der Waals surface area contributed by atoms with Gasteiger partial charge in [-0.3, -0.25) is 13.9 Å². The number of halogens is 3. The van der Waals surface area contributed by atoms with Crippen molar-refractivity contribution in [3.8, 4) is 0 Å². The Morgan fingerprint density at radius 1 is 0.955 bits per heavy atom. The Labute approximate surface area is 257 Å². The van der Waals surface area contributed by atoms with Gasteiger partial charge in [0.1, 0.15) is 12.6 Å². The van der Waals surface area contributed by atoms with Gasteiger partial charge in [-0.1, -0.05) is 67.8 Å². The van der Waals surface area contributed by atoms with Crippen LogP contribution >= 0.6 is 0 Å². The number of benzene rings is 3. The normalized spacial score (nSPS) is 14.7. The van der Waals surface area contributed by atoms with E-state index in [0.29, 0.717) is 4.31 Å². The summed E-state index contributed by atoms with van der Waals surface area (Å²) in [5.41, 5.74) is 1.06. The van der Waals surface area contributed by atoms with Crippen molar-refractivity contribution in [3.63, 3.8) is 0 Å². The van der Waals surface area contributed by atoms with Gasteiger partial charge in [0.2, 0.25) is 11.8 Å². The Morgan fingerprint density at radius 2 is 1.61 bits per heavy atom. The van der Waals surface area contributed by atoms with E-state index >= 15 is 0 Å². The first-order valence-corrected chi connectivity index (χ1v) is 16.2. The highest BCUT2D eigenvalue weighted by atomic mass is 32.2. The molecule has 0 aliphatic heterocycles. The molecule has 0 unspecified atom stereocenters. The van der Waals surface area contributed by atoms with E-state index in [1.807, 2.05) is 25.1 Å². The highest BCUT2D eigenvalue weighted by Gasteiger charge is 2.36. The first-order chi connectivity index (χ1) is 20.8. The highest BCUT2D eigenvalue weighted by molar-refractivity contribution is 7.92. The first kappa shape index (κ1) is 33.0. The Bertz CT molecular complexity index is 1570. The number of amides is 2. The second kappa shape index (κ2) is 13.8. The molecule has 0 heterocycles. The number of carbonyl (C=O) groups is 2. The fourth-order valence-electron chi connectivity index (χ4n) is 5.46. The van der Waals surface area contributed by atoms with Crippen LogP contribution in [0.15, 0.2) is 77.7 Å². The molecule has 7 nitrogen and oxygen atoms in total. The van der Waals surface area contributed by atoms with Crippen molar-refractivity contribution in [2.24, 2.45) is 0 Å². The molecule has 0 bridgehead atoms. The number of sulfonamides is 1. The van der Waals surface area contributed by atoms with Crippen LogP contribution in [0.25, 0.3) is 0 Å². The van der Waals surface area contributed by atoms with E-state index in [1.165, 1.54) is 23.1 Å². The molecule has 236 valence electrons. The van der Waals surface area contributed by atoms with E-state index in [-0.39, 0.29) is 35.5 Å². The molecule has 4 rings (SSSR count). The molecule has 0 aromatic heterocycles. The lowest BCUT2D eigenvalue weighted by Crippen LogP contribution is -2.53. The zero-order valence-corrected chi connectivity index (χ0v) is 25.9. The van der Waals surface area contributed by atoms with Crippen LogP contribution in [0.4, 0.5) is 18.9 Å². The molecule has 1 N–H and O–H groups in total. The van der Waals surface area contributed by atoms with Crippen LogP contribution in [0, 0.1) is 13.8 Å². The van der Waals surface area contributed by atoms with Crippen molar-refractivity contribution in [1.82, 2.24) is 10.2 Å². The van der Waals surface area contributed by atoms with Crippen LogP contribution in [-0.2, 0) is 32.3 Å². The molecule has 3 aromatic carbocycles. The third kappa shape index (κ3) is 7.80. The molecular weight excluding hydrogens is 591 g/mol. The average Bonchev–Trinajstić information content (AvgIpc) is 3.49. The predicted molar refractivity (Wildman–Crippen MR) is 163 cm³/mol. The number of nitrogens with one attached hydrogen (secondary N) is 1. The molecule has 0 spiro atoms. The number of carbonyl (C=O) groups excluding carboxylic acids is 2. The van der Waals surface area contributed by atoms with Gasteiger partial charge in [0.15, 0.2) is 0 Å². The summed E-state index contributed by atoms with van der Waals surface area (Å²) in [6, 6.07) is 16.2. The second-order valence-corrected chi connectivity index (χ2v) is 13.1. The summed E-state index contributed by atoms with van der Waals surface area (Å²) in [7, 11) is -4.50. The van der Waals surface area contributed by atoms with Crippen LogP contribution in [0.2, 0.25) is 0 Å². The number of anilines is 1. The van der Waals surface area contributed by atoms with E-state index in [9.17, 15) is 31.2 Å². The molecular formula is C33H38F3N3O4S. The molecule has 2 amide bonds. The van der Waals surface area contributed by atoms with Gasteiger partial charge in [-0.2, -0.15) is 13.2 Å². The van der Waals surface area contributed by atoms with Gasteiger partial charge in [0.05, 0.1) is 16.1 Å². The van der Waals surface area contributed by atoms with Gasteiger partial charge in [0, 0.05) is 12.6 Å². The van der Waals surface area contributed by atoms with Crippen LogP contribution in [0.3, 0.4) is 0 Å². The van der Waals surface area contributed by atoms with Gasteiger partial charge < -0.3 is 10.2 Å². The topological polar surface area (TPSA) is 86.8 Å². The van der Waals surface area contributed by atoms with Crippen LogP contribution in [0.5, 0.6) is 0 Å². The van der Waals surface area contributed by atoms with Crippen molar-refractivity contribution in [1.29, 1.82) is 0 Å². The molecule has 0 saturated heterocycles. The molecule has 44 heavy (non-hydrogen) atoms. The Hall–Kier alpha value is -3.86. The maximum absolute atomic E-state index is 14.2. The van der Waals surface area contributed by atoms with Crippen molar-refractivity contribution < 1.29 is 31.2 Å². The number of nitrogens with zero attached hydrogens (tertiary/aromatic N) is 2. The molecule has 1 atom stereocenters. The smallest absolute Gasteiger partial charge is 0.352 e. The summed E-state index contributed by atoms with van der Waals surface area (Å²) < 4.78 is 69.7. The largest absolute Gasteiger partial charge is 0.416 e. The van der Waals surface area contributed by atoms with E-state index in [1.54, 1.807) is 32.0 Å². The molecule has 1 fully saturated rings. The highest BCUT2D eigenvalue weighted by Crippen LogP contribution is 2.33. The van der Waals surface area contributed by atoms with Crippen molar-refractivity contribution in [2.45, 2.75) is 82.6 Å². The number of rotatable bonds is 11. The zero-order chi connectivity index (χ0) is 32.1. The maximum Gasteiger partial charge on any atom is 0.416 e. The molecule has 0 radical (unpaired) electrons. The molecule has 1 saturated carbocycles. The standard InChI is InChI=1S/C33H38F3N3O4S/c1-4-30(32(41)37-27-13-7-8-14-27)38(21-25-11-6-5-10-24(25)3)31(40)22-39(28-15-9-12-26(20-28)33(34,35)36)44(42,43)29-18-16-23(2)17-19-29/h5-6,9-12,15-20,27,30H,4,7-8,13-14,21-22H2,1-3H3,(H,37,41)/t30-/m0/s1. The van der Waals surface area contributed by atoms with Gasteiger partial charge in [-0.05, 0) is 74.6 Å². The molecule has 1 aliphatic rings. The summed E-state index contributed by atoms with van der Waals surface area (Å²) >= 11 is 0. The lowest BCUT2D eigenvalue weighted by atomic mass is 10.1. The number of alkyl halides is 3. The Morgan fingerprint density at radius 3 is 2.23 bits per heavy atom. The van der Waals surface area contributed by atoms with E-state index in [0.717, 1.165) is 60.6 Å². The Kier molecular flexibility index (Phi) is 10.4. The zero-order valence-electron chi connectivity index (χ0n) is 25.1. The van der Waals surface area contributed by atoms with E-state index < -0.39 is 40.3 Å². The quantitative estimate of drug-likeness (QED) is 0.267. The van der Waals surface area contributed by atoms with Gasteiger partial charge in [0.25, 0.3) is 10.0 Å². The van der Waals surface area contributed by atoms with Crippen molar-refractivity contribution in [3.05, 3.63) is 95.1 Å². The van der Waals surface area contributed by atoms with E-state index in [2.05, 4.69) is 5.32 Å². The van der Waals surface area contributed by atoms with Crippen LogP contribution in [0.1, 0.15) is 61.3 Å². The van der Waals surface area contributed by atoms with E-state index in [4.69, 9.17) is 0 Å². The summed E-state index contributed by atoms with van der Waals surface area (Å²) in [5, 5.41) is 3.05. The maximum atomic E-state index is 14.2. The number of aryl methyl sites for hydroxylation is 2. The summed E-state index contributed by atoms with van der Waals surface area (Å²) in [6.07, 6.45) is -0.808. The van der Waals surface area contributed by atoms with Crippen molar-refractivity contribution >= 4 is 27.5 Å². The molecule has 3 aromatic rings. The fourth-order valence-corrected chi connectivity index (χ4v) is 6.87. The second-order valence-electron chi connectivity index (χ2n) is 11.2. The fraction of sp³-hybridized carbons (Fsp3) is 0.394. The lowest BCUT2D eigenvalue weighted by molar-refractivity contribution is -0.140. The third-order valence-corrected chi connectivity index (χ3v) is 9.83. The predicted octanol–water partition coefficient (Wildman–Crippen LogP) is 6.38. The molecule has 11 heteroatoms. The lowest BCUT2D eigenvalue weighted by Gasteiger charge is -2.34. The summed E-state index contributed by atoms with van der Waals surface area (Å²) in [5.74, 6) is -1.05. The van der Waals surface area contributed by atoms with Gasteiger partial charge >= 0.3 is 6.18 Å². The number of hydrogen-bond acceptors (Lipinski definition) is 4. The summed E-state index contributed by atoms with van der Waals surface area (Å²) in [4.78, 5) is 28.9. The molecule has 1 aliphatic carbocycles. The first-order valence-electron chi connectivity index (χ1n) is 14.7. The minimum atomic E-state index is -4.73. The van der Waals surface area contributed by atoms with Gasteiger partial charge in [-0.25, -0.2) is 8.42 Å². The average molecular weight is 630 g/mol. The minimum Gasteiger partial charge on any atom is -0.352 e. The van der Waals surface area contributed by atoms with Crippen LogP contribution < -0.4 is 9.62 Å².